The first-order chi connectivity index (χ1) is 9.63. The van der Waals surface area contributed by atoms with Gasteiger partial charge in [0.2, 0.25) is 0 Å². The highest BCUT2D eigenvalue weighted by Gasteiger charge is 2.05. The van der Waals surface area contributed by atoms with Crippen molar-refractivity contribution in [1.82, 2.24) is 0 Å². The van der Waals surface area contributed by atoms with E-state index in [9.17, 15) is 4.39 Å². The Morgan fingerprint density at radius 2 is 1.70 bits per heavy atom. The van der Waals surface area contributed by atoms with Crippen molar-refractivity contribution in [2.24, 2.45) is 0 Å². The number of rotatable bonds is 5. The number of anilines is 1. The van der Waals surface area contributed by atoms with Crippen molar-refractivity contribution in [2.75, 3.05) is 20.0 Å². The molecule has 2 aromatic carbocycles. The van der Waals surface area contributed by atoms with Crippen molar-refractivity contribution in [2.45, 2.75) is 6.61 Å². The lowest BCUT2D eigenvalue weighted by Gasteiger charge is -2.10. The zero-order valence-electron chi connectivity index (χ0n) is 11.4. The van der Waals surface area contributed by atoms with Crippen LogP contribution < -0.4 is 19.9 Å². The van der Waals surface area contributed by atoms with Crippen LogP contribution in [0.2, 0.25) is 0 Å². The Morgan fingerprint density at radius 3 is 2.30 bits per heavy atom. The average molecular weight is 277 g/mol. The fourth-order valence-corrected chi connectivity index (χ4v) is 1.77. The van der Waals surface area contributed by atoms with Gasteiger partial charge in [-0.3, -0.25) is 0 Å². The van der Waals surface area contributed by atoms with Crippen molar-refractivity contribution in [3.8, 4) is 17.2 Å². The third-order valence-corrected chi connectivity index (χ3v) is 2.82. The van der Waals surface area contributed by atoms with Gasteiger partial charge < -0.3 is 19.9 Å². The number of methoxy groups -OCH3 is 2. The summed E-state index contributed by atoms with van der Waals surface area (Å²) in [7, 11) is 2.97. The van der Waals surface area contributed by atoms with Crippen LogP contribution >= 0.6 is 0 Å². The molecule has 0 aliphatic heterocycles. The Bertz CT molecular complexity index is 548. The van der Waals surface area contributed by atoms with E-state index in [-0.39, 0.29) is 12.4 Å². The van der Waals surface area contributed by atoms with Crippen LogP contribution in [-0.2, 0) is 6.61 Å². The molecule has 0 heterocycles. The van der Waals surface area contributed by atoms with E-state index in [1.807, 2.05) is 0 Å². The lowest BCUT2D eigenvalue weighted by Crippen LogP contribution is -1.99. The van der Waals surface area contributed by atoms with E-state index < -0.39 is 5.82 Å². The number of nitrogens with two attached hydrogens (primary N) is 1. The maximum absolute atomic E-state index is 13.5. The van der Waals surface area contributed by atoms with Crippen LogP contribution in [-0.4, -0.2) is 14.2 Å². The Balaban J connectivity index is 2.05. The van der Waals surface area contributed by atoms with Crippen LogP contribution in [0, 0.1) is 5.82 Å². The van der Waals surface area contributed by atoms with Crippen LogP contribution in [0.1, 0.15) is 5.56 Å². The quantitative estimate of drug-likeness (QED) is 0.854. The third-order valence-electron chi connectivity index (χ3n) is 2.82. The number of nitrogen functional groups attached to an aromatic ring is 1. The smallest absolute Gasteiger partial charge is 0.165 e. The zero-order valence-corrected chi connectivity index (χ0v) is 11.4. The summed E-state index contributed by atoms with van der Waals surface area (Å²) < 4.78 is 29.0. The van der Waals surface area contributed by atoms with Gasteiger partial charge >= 0.3 is 0 Å². The second kappa shape index (κ2) is 6.14. The Hall–Kier alpha value is -2.43. The van der Waals surface area contributed by atoms with Crippen molar-refractivity contribution in [1.29, 1.82) is 0 Å². The number of hydrogen-bond donors (Lipinski definition) is 1. The van der Waals surface area contributed by atoms with Crippen LogP contribution in [0.3, 0.4) is 0 Å². The first kappa shape index (κ1) is 14.0. The van der Waals surface area contributed by atoms with Crippen LogP contribution in [0.5, 0.6) is 17.2 Å². The summed E-state index contributed by atoms with van der Waals surface area (Å²) in [6.07, 6.45) is 0. The molecule has 0 bridgehead atoms. The van der Waals surface area contributed by atoms with Crippen molar-refractivity contribution < 1.29 is 18.6 Å². The van der Waals surface area contributed by atoms with Gasteiger partial charge in [0.1, 0.15) is 18.1 Å². The molecule has 0 aliphatic carbocycles. The van der Waals surface area contributed by atoms with E-state index in [0.29, 0.717) is 22.7 Å². The van der Waals surface area contributed by atoms with Gasteiger partial charge in [-0.2, -0.15) is 0 Å². The molecule has 4 nitrogen and oxygen atoms in total. The molecule has 2 aromatic rings. The van der Waals surface area contributed by atoms with Crippen molar-refractivity contribution >= 4 is 5.69 Å². The number of benzene rings is 2. The monoisotopic (exact) mass is 277 g/mol. The van der Waals surface area contributed by atoms with Gasteiger partial charge in [-0.05, 0) is 29.8 Å². The fourth-order valence-electron chi connectivity index (χ4n) is 1.77. The van der Waals surface area contributed by atoms with Gasteiger partial charge in [-0.15, -0.1) is 0 Å². The molecule has 0 spiro atoms. The second-order valence-electron chi connectivity index (χ2n) is 4.16. The topological polar surface area (TPSA) is 53.7 Å². The normalized spacial score (nSPS) is 10.2. The van der Waals surface area contributed by atoms with Gasteiger partial charge in [0.15, 0.2) is 11.6 Å². The number of halogens is 1. The maximum atomic E-state index is 13.5. The Kier molecular flexibility index (Phi) is 4.30. The summed E-state index contributed by atoms with van der Waals surface area (Å²) in [5.41, 5.74) is 6.98. The maximum Gasteiger partial charge on any atom is 0.165 e. The second-order valence-corrected chi connectivity index (χ2v) is 4.16. The van der Waals surface area contributed by atoms with Crippen LogP contribution in [0.4, 0.5) is 10.1 Å². The molecule has 0 radical (unpaired) electrons. The zero-order chi connectivity index (χ0) is 14.5. The van der Waals surface area contributed by atoms with Gasteiger partial charge in [-0.25, -0.2) is 4.39 Å². The van der Waals surface area contributed by atoms with E-state index >= 15 is 0 Å². The summed E-state index contributed by atoms with van der Waals surface area (Å²) in [4.78, 5) is 0. The summed E-state index contributed by atoms with van der Waals surface area (Å²) in [6.45, 7) is 0.243. The molecule has 2 N–H and O–H groups in total. The van der Waals surface area contributed by atoms with E-state index in [0.717, 1.165) is 0 Å². The molecule has 0 saturated heterocycles. The highest BCUT2D eigenvalue weighted by atomic mass is 19.1. The van der Waals surface area contributed by atoms with Crippen LogP contribution in [0.15, 0.2) is 36.4 Å². The lowest BCUT2D eigenvalue weighted by molar-refractivity contribution is 0.304. The number of hydrogen-bond acceptors (Lipinski definition) is 4. The SMILES string of the molecule is COc1ccc(OCc2ccc(OC)c(F)c2)cc1N. The van der Waals surface area contributed by atoms with E-state index in [2.05, 4.69) is 0 Å². The Labute approximate surface area is 116 Å². The molecule has 0 amide bonds. The van der Waals surface area contributed by atoms with Crippen molar-refractivity contribution in [3.05, 3.63) is 47.8 Å². The van der Waals surface area contributed by atoms with Crippen LogP contribution in [0.25, 0.3) is 0 Å². The number of ether oxygens (including phenoxy) is 3. The van der Waals surface area contributed by atoms with Gasteiger partial charge in [-0.1, -0.05) is 6.07 Å². The summed E-state index contributed by atoms with van der Waals surface area (Å²) in [5.74, 6) is 0.984. The molecular formula is C15H16FNO3. The third kappa shape index (κ3) is 3.12. The van der Waals surface area contributed by atoms with E-state index in [1.54, 1.807) is 37.4 Å². The first-order valence-corrected chi connectivity index (χ1v) is 6.02. The molecule has 0 aliphatic rings. The predicted molar refractivity (Wildman–Crippen MR) is 74.7 cm³/mol. The molecule has 20 heavy (non-hydrogen) atoms. The van der Waals surface area contributed by atoms with Crippen molar-refractivity contribution in [3.63, 3.8) is 0 Å². The first-order valence-electron chi connectivity index (χ1n) is 6.02. The van der Waals surface area contributed by atoms with Gasteiger partial charge in [0.25, 0.3) is 0 Å². The molecule has 2 rings (SSSR count). The lowest BCUT2D eigenvalue weighted by atomic mass is 10.2. The highest BCUT2D eigenvalue weighted by Crippen LogP contribution is 2.26. The summed E-state index contributed by atoms with van der Waals surface area (Å²) >= 11 is 0. The minimum Gasteiger partial charge on any atom is -0.495 e. The molecule has 0 unspecified atom stereocenters. The predicted octanol–water partition coefficient (Wildman–Crippen LogP) is 3.00. The molecule has 0 fully saturated rings. The Morgan fingerprint density at radius 1 is 1.00 bits per heavy atom. The highest BCUT2D eigenvalue weighted by molar-refractivity contribution is 5.56. The standard InChI is InChI=1S/C15H16FNO3/c1-18-14-5-3-10(7-12(14)16)9-20-11-4-6-15(19-2)13(17)8-11/h3-8H,9,17H2,1-2H3. The molecule has 5 heteroatoms. The molecule has 0 saturated carbocycles. The largest absolute Gasteiger partial charge is 0.495 e. The fraction of sp³-hybridized carbons (Fsp3) is 0.200. The van der Waals surface area contributed by atoms with E-state index in [4.69, 9.17) is 19.9 Å². The summed E-state index contributed by atoms with van der Waals surface area (Å²) in [6, 6.07) is 9.82. The molecular weight excluding hydrogens is 261 g/mol. The van der Waals surface area contributed by atoms with Gasteiger partial charge in [0, 0.05) is 6.07 Å². The molecule has 0 atom stereocenters. The average Bonchev–Trinajstić information content (AvgIpc) is 2.45. The minimum atomic E-state index is -0.414. The molecule has 106 valence electrons. The molecule has 0 aromatic heterocycles. The minimum absolute atomic E-state index is 0.211. The van der Waals surface area contributed by atoms with Gasteiger partial charge in [0.05, 0.1) is 19.9 Å². The van der Waals surface area contributed by atoms with E-state index in [1.165, 1.54) is 13.2 Å². The summed E-state index contributed by atoms with van der Waals surface area (Å²) in [5, 5.41) is 0.